The van der Waals surface area contributed by atoms with Crippen molar-refractivity contribution in [3.63, 3.8) is 0 Å². The van der Waals surface area contributed by atoms with Crippen LogP contribution in [0, 0.1) is 0 Å². The monoisotopic (exact) mass is 987 g/mol. The molecule has 0 aromatic rings. The van der Waals surface area contributed by atoms with Gasteiger partial charge in [0, 0.05) is 38.5 Å². The van der Waals surface area contributed by atoms with Gasteiger partial charge in [-0.05, 0) is 57.9 Å². The lowest BCUT2D eigenvalue weighted by atomic mass is 10.0. The van der Waals surface area contributed by atoms with Gasteiger partial charge in [0.1, 0.15) is 30.2 Å². The third kappa shape index (κ3) is 35.1. The van der Waals surface area contributed by atoms with Gasteiger partial charge in [0.2, 0.25) is 23.6 Å². The second-order valence-corrected chi connectivity index (χ2v) is 17.2. The van der Waals surface area contributed by atoms with Gasteiger partial charge in [-0.25, -0.2) is 24.0 Å². The Labute approximate surface area is 403 Å². The van der Waals surface area contributed by atoms with E-state index in [2.05, 4.69) is 26.0 Å². The fraction of sp³-hybridized carbons (Fsp3) is 0.761. The van der Waals surface area contributed by atoms with Gasteiger partial charge < -0.3 is 63.0 Å². The van der Waals surface area contributed by atoms with Crippen molar-refractivity contribution in [3.05, 3.63) is 0 Å². The smallest absolute Gasteiger partial charge is 0.330 e. The second-order valence-electron chi connectivity index (χ2n) is 17.2. The molecule has 0 fully saturated rings. The van der Waals surface area contributed by atoms with Crippen LogP contribution in [0.1, 0.15) is 186 Å². The van der Waals surface area contributed by atoms with E-state index in [0.717, 1.165) is 57.8 Å². The highest BCUT2D eigenvalue weighted by molar-refractivity contribution is 5.90. The number of hydrogen-bond acceptors (Lipinski definition) is 14. The largest absolute Gasteiger partial charge is 0.481 e. The van der Waals surface area contributed by atoms with E-state index in [0.29, 0.717) is 25.8 Å². The number of carboxylic acids is 5. The molecule has 23 heteroatoms. The molecule has 0 unspecified atom stereocenters. The lowest BCUT2D eigenvalue weighted by Gasteiger charge is -2.18. The molecule has 0 aliphatic heterocycles. The number of esters is 2. The highest BCUT2D eigenvalue weighted by atomic mass is 16.6. The number of carboxylic acid groups (broad SMARTS) is 5. The standard InChI is InChI=1S/C46H78N6O17/c47-30-18-17-19-31(48)46(68)69-41(59)29-25-35(45(66)67)52-39(56)28-24-34(44(64)65)51-38(55)27-23-33(43(62)63)50-37(54)26-22-32(42(60)61)49-36(53)20-15-13-11-9-7-5-3-1-2-4-6-8-10-12-14-16-21-40(57)58/h31-35H,1-30,47-48H2,(H,49,53)(H,50,54)(H,51,55)(H,52,56)(H,57,58)(H,60,61)(H,62,63)(H,64,65)(H,66,67)/t31-,32-,33-,34-,35-/m0/s1. The number of rotatable bonds is 44. The maximum Gasteiger partial charge on any atom is 0.330 e. The molecule has 0 aliphatic carbocycles. The molecule has 13 N–H and O–H groups in total. The van der Waals surface area contributed by atoms with Gasteiger partial charge in [0.15, 0.2) is 0 Å². The molecule has 0 bridgehead atoms. The number of hydrogen-bond donors (Lipinski definition) is 11. The van der Waals surface area contributed by atoms with Crippen LogP contribution in [0.25, 0.3) is 0 Å². The minimum Gasteiger partial charge on any atom is -0.481 e. The topological polar surface area (TPSA) is 398 Å². The van der Waals surface area contributed by atoms with E-state index in [-0.39, 0.29) is 25.7 Å². The fourth-order valence-corrected chi connectivity index (χ4v) is 7.09. The number of carbonyl (C=O) groups excluding carboxylic acids is 6. The van der Waals surface area contributed by atoms with Crippen molar-refractivity contribution in [1.29, 1.82) is 0 Å². The van der Waals surface area contributed by atoms with E-state index in [9.17, 15) is 73.2 Å². The summed E-state index contributed by atoms with van der Waals surface area (Å²) in [5.74, 6) is -12.1. The first kappa shape index (κ1) is 63.3. The van der Waals surface area contributed by atoms with Crippen LogP contribution in [0.15, 0.2) is 0 Å². The number of nitrogens with one attached hydrogen (secondary N) is 4. The second kappa shape index (κ2) is 39.2. The van der Waals surface area contributed by atoms with E-state index in [1.807, 2.05) is 0 Å². The summed E-state index contributed by atoms with van der Waals surface area (Å²) in [5.41, 5.74) is 11.1. The van der Waals surface area contributed by atoms with Crippen molar-refractivity contribution in [1.82, 2.24) is 21.3 Å². The first-order valence-corrected chi connectivity index (χ1v) is 24.3. The molecule has 5 atom stereocenters. The Morgan fingerprint density at radius 1 is 0.362 bits per heavy atom. The third-order valence-corrected chi connectivity index (χ3v) is 11.2. The van der Waals surface area contributed by atoms with Crippen molar-refractivity contribution < 1.29 is 83.0 Å². The number of carbonyl (C=O) groups is 11. The van der Waals surface area contributed by atoms with Gasteiger partial charge >= 0.3 is 41.8 Å². The predicted molar refractivity (Wildman–Crippen MR) is 248 cm³/mol. The van der Waals surface area contributed by atoms with Crippen LogP contribution >= 0.6 is 0 Å². The summed E-state index contributed by atoms with van der Waals surface area (Å²) in [4.78, 5) is 132. The predicted octanol–water partition coefficient (Wildman–Crippen LogP) is 3.02. The zero-order valence-electron chi connectivity index (χ0n) is 39.9. The molecule has 0 spiro atoms. The molecule has 0 aromatic carbocycles. The maximum absolute atomic E-state index is 12.6. The Bertz CT molecular complexity index is 1630. The number of amides is 4. The third-order valence-electron chi connectivity index (χ3n) is 11.2. The fourth-order valence-electron chi connectivity index (χ4n) is 7.09. The van der Waals surface area contributed by atoms with Crippen LogP contribution in [0.3, 0.4) is 0 Å². The average Bonchev–Trinajstić information content (AvgIpc) is 3.28. The van der Waals surface area contributed by atoms with Crippen LogP contribution in [-0.2, 0) is 57.5 Å². The molecular formula is C46H78N6O17. The van der Waals surface area contributed by atoms with E-state index >= 15 is 0 Å². The highest BCUT2D eigenvalue weighted by Gasteiger charge is 2.28. The number of aliphatic carboxylic acids is 5. The summed E-state index contributed by atoms with van der Waals surface area (Å²) in [6, 6.07) is -7.43. The Morgan fingerprint density at radius 2 is 0.652 bits per heavy atom. The van der Waals surface area contributed by atoms with Gasteiger partial charge in [0.25, 0.3) is 0 Å². The molecule has 0 rings (SSSR count). The quantitative estimate of drug-likeness (QED) is 0.0237. The summed E-state index contributed by atoms with van der Waals surface area (Å²) in [6.07, 6.45) is 14.3. The molecule has 0 aromatic heterocycles. The summed E-state index contributed by atoms with van der Waals surface area (Å²) < 4.78 is 4.63. The Kier molecular flexibility index (Phi) is 35.9. The molecular weight excluding hydrogens is 909 g/mol. The van der Waals surface area contributed by atoms with Gasteiger partial charge in [-0.15, -0.1) is 0 Å². The summed E-state index contributed by atoms with van der Waals surface area (Å²) >= 11 is 0. The van der Waals surface area contributed by atoms with Crippen LogP contribution in [0.4, 0.5) is 0 Å². The van der Waals surface area contributed by atoms with Crippen LogP contribution < -0.4 is 32.7 Å². The summed E-state index contributed by atoms with van der Waals surface area (Å²) in [7, 11) is 0. The van der Waals surface area contributed by atoms with Gasteiger partial charge in [-0.2, -0.15) is 0 Å². The Balaban J connectivity index is 4.56. The molecule has 0 saturated heterocycles. The first-order valence-electron chi connectivity index (χ1n) is 24.3. The highest BCUT2D eigenvalue weighted by Crippen LogP contribution is 2.15. The van der Waals surface area contributed by atoms with E-state index in [1.165, 1.54) is 38.5 Å². The molecule has 0 aliphatic rings. The van der Waals surface area contributed by atoms with Crippen molar-refractivity contribution in [2.45, 2.75) is 216 Å². The summed E-state index contributed by atoms with van der Waals surface area (Å²) in [5, 5.41) is 55.8. The number of unbranched alkanes of at least 4 members (excludes halogenated alkanes) is 16. The molecule has 394 valence electrons. The molecule has 4 amide bonds. The van der Waals surface area contributed by atoms with Crippen molar-refractivity contribution in [3.8, 4) is 0 Å². The van der Waals surface area contributed by atoms with Crippen molar-refractivity contribution >= 4 is 65.4 Å². The van der Waals surface area contributed by atoms with Crippen LogP contribution in [-0.4, -0.2) is 128 Å². The minimum absolute atomic E-state index is 0.0977. The SMILES string of the molecule is NCCCC[C@H](N)C(=O)OC(=O)CC[C@H](NC(=O)CC[C@H](NC(=O)CC[C@H](NC(=O)CC[C@H](NC(=O)CCCCCCCCCCCCCCCCCCC(=O)O)C(=O)O)C(=O)O)C(=O)O)C(=O)O. The maximum atomic E-state index is 12.6. The number of ether oxygens (including phenoxy) is 1. The lowest BCUT2D eigenvalue weighted by Crippen LogP contribution is -2.45. The van der Waals surface area contributed by atoms with E-state index in [1.54, 1.807) is 0 Å². The van der Waals surface area contributed by atoms with Crippen molar-refractivity contribution in [2.75, 3.05) is 6.54 Å². The zero-order chi connectivity index (χ0) is 52.0. The Morgan fingerprint density at radius 3 is 0.957 bits per heavy atom. The summed E-state index contributed by atoms with van der Waals surface area (Å²) in [6.45, 7) is 0.383. The number of nitrogens with two attached hydrogens (primary N) is 2. The van der Waals surface area contributed by atoms with Crippen molar-refractivity contribution in [2.24, 2.45) is 11.5 Å². The van der Waals surface area contributed by atoms with Gasteiger partial charge in [0.05, 0.1) is 0 Å². The Hall–Kier alpha value is -5.71. The van der Waals surface area contributed by atoms with Gasteiger partial charge in [-0.1, -0.05) is 96.3 Å². The van der Waals surface area contributed by atoms with E-state index < -0.39 is 141 Å². The average molecular weight is 987 g/mol. The molecule has 69 heavy (non-hydrogen) atoms. The molecule has 0 heterocycles. The first-order chi connectivity index (χ1) is 32.8. The van der Waals surface area contributed by atoms with Crippen LogP contribution in [0.2, 0.25) is 0 Å². The van der Waals surface area contributed by atoms with Crippen LogP contribution in [0.5, 0.6) is 0 Å². The molecule has 23 nitrogen and oxygen atoms in total. The normalized spacial score (nSPS) is 13.1. The lowest BCUT2D eigenvalue weighted by molar-refractivity contribution is -0.161. The minimum atomic E-state index is -1.67. The molecule has 0 saturated carbocycles. The zero-order valence-corrected chi connectivity index (χ0v) is 39.9. The molecule has 0 radical (unpaired) electrons. The van der Waals surface area contributed by atoms with Gasteiger partial charge in [-0.3, -0.25) is 28.8 Å². The van der Waals surface area contributed by atoms with E-state index in [4.69, 9.17) is 16.6 Å².